The van der Waals surface area contributed by atoms with E-state index in [1.54, 1.807) is 0 Å². The zero-order valence-corrected chi connectivity index (χ0v) is 19.2. The third-order valence-electron chi connectivity index (χ3n) is 2.33. The van der Waals surface area contributed by atoms with Gasteiger partial charge < -0.3 is 24.4 Å². The van der Waals surface area contributed by atoms with E-state index in [9.17, 15) is 32.8 Å². The molecule has 0 unspecified atom stereocenters. The smallest absolute Gasteiger partial charge is 0.744 e. The van der Waals surface area contributed by atoms with Crippen molar-refractivity contribution in [3.63, 3.8) is 0 Å². The number of aryl methyl sites for hydroxylation is 2. The number of hydrogen-bond acceptors (Lipinski definition) is 7. The first-order chi connectivity index (χ1) is 8.07. The van der Waals surface area contributed by atoms with Crippen molar-refractivity contribution < 1.29 is 121 Å². The zero-order valence-electron chi connectivity index (χ0n) is 12.3. The molecule has 0 saturated carbocycles. The molecule has 21 heavy (non-hydrogen) atoms. The summed E-state index contributed by atoms with van der Waals surface area (Å²) in [6.07, 6.45) is 0. The molecule has 7 nitrogen and oxygen atoms in total. The van der Waals surface area contributed by atoms with Crippen LogP contribution in [0.5, 0.6) is 0 Å². The molecule has 0 atom stereocenters. The fraction of sp³-hybridized carbons (Fsp3) is 0.200. The number of aromatic carboxylic acids is 2. The standard InChI is InChI=1S/C10H10O7S.3Na/c1-4-3-5(2)7(10(13)14)8(18(15,16)17)6(4)9(11)12;;;/h3H,1-2H3,(H,11,12)(H,13,14)(H,15,16,17);;;/q;3*+1/p-3. The van der Waals surface area contributed by atoms with Crippen molar-refractivity contribution in [2.24, 2.45) is 0 Å². The summed E-state index contributed by atoms with van der Waals surface area (Å²) in [5.41, 5.74) is -2.05. The molecule has 0 aliphatic carbocycles. The molecule has 0 bridgehead atoms. The summed E-state index contributed by atoms with van der Waals surface area (Å²) < 4.78 is 33.2. The van der Waals surface area contributed by atoms with Crippen molar-refractivity contribution in [2.45, 2.75) is 18.7 Å². The van der Waals surface area contributed by atoms with E-state index in [0.29, 0.717) is 0 Å². The van der Waals surface area contributed by atoms with Crippen LogP contribution in [0.15, 0.2) is 11.0 Å². The fourth-order valence-corrected chi connectivity index (χ4v) is 2.70. The number of benzene rings is 1. The maximum Gasteiger partial charge on any atom is 1.00 e. The quantitative estimate of drug-likeness (QED) is 0.393. The molecule has 0 aromatic heterocycles. The Morgan fingerprint density at radius 3 is 1.38 bits per heavy atom. The van der Waals surface area contributed by atoms with Crippen LogP contribution in [-0.4, -0.2) is 24.9 Å². The minimum atomic E-state index is -5.29. The van der Waals surface area contributed by atoms with Crippen LogP contribution in [0.1, 0.15) is 31.8 Å². The van der Waals surface area contributed by atoms with Crippen molar-refractivity contribution in [2.75, 3.05) is 0 Å². The van der Waals surface area contributed by atoms with Crippen LogP contribution in [0.3, 0.4) is 0 Å². The van der Waals surface area contributed by atoms with E-state index in [1.807, 2.05) is 0 Å². The average Bonchev–Trinajstić information content (AvgIpc) is 2.13. The maximum absolute atomic E-state index is 11.1. The molecule has 0 saturated heterocycles. The van der Waals surface area contributed by atoms with E-state index in [0.717, 1.165) is 6.07 Å². The summed E-state index contributed by atoms with van der Waals surface area (Å²) >= 11 is 0. The molecule has 0 N–H and O–H groups in total. The third-order valence-corrected chi connectivity index (χ3v) is 3.24. The normalized spacial score (nSPS) is 9.67. The van der Waals surface area contributed by atoms with Crippen LogP contribution in [0.4, 0.5) is 0 Å². The molecule has 11 heteroatoms. The van der Waals surface area contributed by atoms with E-state index < -0.39 is 38.1 Å². The fourth-order valence-electron chi connectivity index (χ4n) is 1.71. The van der Waals surface area contributed by atoms with Crippen molar-refractivity contribution in [1.82, 2.24) is 0 Å². The predicted molar refractivity (Wildman–Crippen MR) is 52.5 cm³/mol. The number of carboxylic acids is 2. The van der Waals surface area contributed by atoms with Crippen molar-refractivity contribution in [3.05, 3.63) is 28.3 Å². The summed E-state index contributed by atoms with van der Waals surface area (Å²) in [4.78, 5) is 20.4. The molecule has 0 spiro atoms. The van der Waals surface area contributed by atoms with Crippen LogP contribution in [0.25, 0.3) is 0 Å². The summed E-state index contributed by atoms with van der Waals surface area (Å²) in [7, 11) is -5.29. The number of hydrogen-bond donors (Lipinski definition) is 0. The Hall–Kier alpha value is 1.07. The number of carbonyl (C=O) groups excluding carboxylic acids is 2. The topological polar surface area (TPSA) is 137 Å². The van der Waals surface area contributed by atoms with Gasteiger partial charge in [0.25, 0.3) is 0 Å². The molecule has 98 valence electrons. The van der Waals surface area contributed by atoms with Crippen LogP contribution in [-0.2, 0) is 10.1 Å². The largest absolute Gasteiger partial charge is 1.00 e. The van der Waals surface area contributed by atoms with Gasteiger partial charge in [-0.3, -0.25) is 0 Å². The van der Waals surface area contributed by atoms with E-state index in [-0.39, 0.29) is 99.8 Å². The Morgan fingerprint density at radius 1 is 0.905 bits per heavy atom. The molecule has 0 amide bonds. The SMILES string of the molecule is Cc1cc(C)c(C(=O)[O-])c(S(=O)(=O)[O-])c1C(=O)[O-].[Na+].[Na+].[Na+]. The summed E-state index contributed by atoms with van der Waals surface area (Å²) in [5, 5.41) is 21.7. The van der Waals surface area contributed by atoms with Gasteiger partial charge in [0.1, 0.15) is 10.1 Å². The van der Waals surface area contributed by atoms with Gasteiger partial charge in [-0.15, -0.1) is 0 Å². The minimum Gasteiger partial charge on any atom is -0.744 e. The van der Waals surface area contributed by atoms with Gasteiger partial charge in [-0.2, -0.15) is 0 Å². The Labute approximate surface area is 188 Å². The number of carboxylic acid groups (broad SMARTS) is 2. The van der Waals surface area contributed by atoms with Crippen LogP contribution in [0, 0.1) is 13.8 Å². The van der Waals surface area contributed by atoms with Crippen LogP contribution < -0.4 is 98.9 Å². The van der Waals surface area contributed by atoms with Gasteiger partial charge in [-0.05, 0) is 25.0 Å². The van der Waals surface area contributed by atoms with E-state index in [2.05, 4.69) is 0 Å². The average molecular weight is 340 g/mol. The number of carbonyl (C=O) groups is 2. The molecule has 0 heterocycles. The first kappa shape index (κ1) is 26.9. The third kappa shape index (κ3) is 6.23. The van der Waals surface area contributed by atoms with Gasteiger partial charge in [-0.1, -0.05) is 6.07 Å². The Balaban J connectivity index is -0.00000108. The van der Waals surface area contributed by atoms with Crippen molar-refractivity contribution in [1.29, 1.82) is 0 Å². The van der Waals surface area contributed by atoms with Crippen LogP contribution in [0.2, 0.25) is 0 Å². The summed E-state index contributed by atoms with van der Waals surface area (Å²) in [6, 6.07) is 1.13. The molecule has 0 fully saturated rings. The second-order valence-electron chi connectivity index (χ2n) is 3.62. The van der Waals surface area contributed by atoms with Gasteiger partial charge in [0, 0.05) is 11.1 Å². The molecule has 0 radical (unpaired) electrons. The summed E-state index contributed by atoms with van der Waals surface area (Å²) in [5.74, 6) is -3.88. The minimum absolute atomic E-state index is 0. The van der Waals surface area contributed by atoms with Gasteiger partial charge in [0.2, 0.25) is 0 Å². The molecule has 0 aliphatic heterocycles. The molecule has 0 aliphatic rings. The summed E-state index contributed by atoms with van der Waals surface area (Å²) in [6.45, 7) is 2.46. The van der Waals surface area contributed by atoms with E-state index in [4.69, 9.17) is 0 Å². The zero-order chi connectivity index (χ0) is 14.2. The second kappa shape index (κ2) is 10.0. The Kier molecular flexibility index (Phi) is 12.9. The first-order valence-electron chi connectivity index (χ1n) is 4.60. The molecule has 1 rings (SSSR count). The Bertz CT molecular complexity index is 617. The van der Waals surface area contributed by atoms with E-state index >= 15 is 0 Å². The van der Waals surface area contributed by atoms with E-state index in [1.165, 1.54) is 13.8 Å². The number of rotatable bonds is 3. The first-order valence-corrected chi connectivity index (χ1v) is 6.01. The second-order valence-corrected chi connectivity index (χ2v) is 4.94. The van der Waals surface area contributed by atoms with Crippen LogP contribution >= 0.6 is 0 Å². The van der Waals surface area contributed by atoms with Gasteiger partial charge >= 0.3 is 88.7 Å². The molecule has 1 aromatic rings. The molecule has 1 aromatic carbocycles. The molecular formula is C10H7Na3O7S. The predicted octanol–water partition coefficient (Wildman–Crippen LogP) is -11.1. The maximum atomic E-state index is 11.1. The van der Waals surface area contributed by atoms with Gasteiger partial charge in [0.15, 0.2) is 0 Å². The van der Waals surface area contributed by atoms with Crippen molar-refractivity contribution >= 4 is 22.1 Å². The Morgan fingerprint density at radius 2 is 1.19 bits per heavy atom. The van der Waals surface area contributed by atoms with Gasteiger partial charge in [0.05, 0.1) is 16.8 Å². The van der Waals surface area contributed by atoms with Gasteiger partial charge in [-0.25, -0.2) is 8.42 Å². The monoisotopic (exact) mass is 340 g/mol. The van der Waals surface area contributed by atoms with Crippen molar-refractivity contribution in [3.8, 4) is 0 Å². The molecular weight excluding hydrogens is 333 g/mol.